The standard InChI is InChI=1S/C17H24N2O/c20-17(12-14-6-2-1-3-7-14)13-15-10-11-19(18-15)16-8-4-5-9-16/h10-12,16H,1-9,13H2. The van der Waals surface area contributed by atoms with Gasteiger partial charge in [-0.1, -0.05) is 24.8 Å². The van der Waals surface area contributed by atoms with E-state index in [9.17, 15) is 4.79 Å². The van der Waals surface area contributed by atoms with Crippen molar-refractivity contribution >= 4 is 5.78 Å². The van der Waals surface area contributed by atoms with Gasteiger partial charge >= 0.3 is 0 Å². The van der Waals surface area contributed by atoms with E-state index >= 15 is 0 Å². The molecule has 0 aromatic carbocycles. The van der Waals surface area contributed by atoms with E-state index in [4.69, 9.17) is 0 Å². The van der Waals surface area contributed by atoms with Gasteiger partial charge in [-0.25, -0.2) is 0 Å². The zero-order chi connectivity index (χ0) is 13.8. The minimum Gasteiger partial charge on any atom is -0.294 e. The van der Waals surface area contributed by atoms with Crippen LogP contribution in [-0.2, 0) is 11.2 Å². The quantitative estimate of drug-likeness (QED) is 0.776. The predicted molar refractivity (Wildman–Crippen MR) is 79.6 cm³/mol. The van der Waals surface area contributed by atoms with Gasteiger partial charge in [-0.05, 0) is 50.7 Å². The van der Waals surface area contributed by atoms with Crippen molar-refractivity contribution < 1.29 is 4.79 Å². The molecule has 0 amide bonds. The lowest BCUT2D eigenvalue weighted by molar-refractivity contribution is -0.114. The molecule has 2 saturated carbocycles. The first-order valence-corrected chi connectivity index (χ1v) is 8.07. The van der Waals surface area contributed by atoms with Gasteiger partial charge in [-0.15, -0.1) is 0 Å². The highest BCUT2D eigenvalue weighted by molar-refractivity contribution is 5.91. The van der Waals surface area contributed by atoms with E-state index in [0.29, 0.717) is 12.5 Å². The van der Waals surface area contributed by atoms with Gasteiger partial charge in [0.25, 0.3) is 0 Å². The third kappa shape index (κ3) is 3.38. The summed E-state index contributed by atoms with van der Waals surface area (Å²) in [6.45, 7) is 0. The predicted octanol–water partition coefficient (Wildman–Crippen LogP) is 4.00. The Labute approximate surface area is 121 Å². The highest BCUT2D eigenvalue weighted by Crippen LogP contribution is 2.28. The van der Waals surface area contributed by atoms with Crippen LogP contribution in [0.4, 0.5) is 0 Å². The second kappa shape index (κ2) is 6.38. The molecule has 2 aliphatic rings. The Morgan fingerprint density at radius 1 is 1.20 bits per heavy atom. The van der Waals surface area contributed by atoms with Gasteiger partial charge in [0.2, 0.25) is 0 Å². The summed E-state index contributed by atoms with van der Waals surface area (Å²) in [5.74, 6) is 0.221. The Kier molecular flexibility index (Phi) is 4.34. The SMILES string of the molecule is O=C(C=C1CCCCC1)Cc1ccn(C2CCCC2)n1. The molecule has 3 rings (SSSR count). The van der Waals surface area contributed by atoms with E-state index in [1.807, 2.05) is 18.3 Å². The van der Waals surface area contributed by atoms with Crippen LogP contribution >= 0.6 is 0 Å². The van der Waals surface area contributed by atoms with Crippen LogP contribution in [0.3, 0.4) is 0 Å². The van der Waals surface area contributed by atoms with E-state index in [1.54, 1.807) is 0 Å². The van der Waals surface area contributed by atoms with Crippen LogP contribution in [-0.4, -0.2) is 15.6 Å². The van der Waals surface area contributed by atoms with Gasteiger partial charge < -0.3 is 0 Å². The summed E-state index contributed by atoms with van der Waals surface area (Å²) in [5, 5.41) is 4.59. The molecule has 0 aliphatic heterocycles. The summed E-state index contributed by atoms with van der Waals surface area (Å²) >= 11 is 0. The van der Waals surface area contributed by atoms with Crippen LogP contribution in [0.2, 0.25) is 0 Å². The summed E-state index contributed by atoms with van der Waals surface area (Å²) in [6.07, 6.45) is 15.5. The molecule has 0 atom stereocenters. The van der Waals surface area contributed by atoms with Crippen LogP contribution in [0.5, 0.6) is 0 Å². The van der Waals surface area contributed by atoms with Crippen molar-refractivity contribution in [2.75, 3.05) is 0 Å². The highest BCUT2D eigenvalue weighted by atomic mass is 16.1. The van der Waals surface area contributed by atoms with Crippen LogP contribution < -0.4 is 0 Å². The first-order chi connectivity index (χ1) is 9.81. The van der Waals surface area contributed by atoms with Crippen molar-refractivity contribution in [3.05, 3.63) is 29.6 Å². The van der Waals surface area contributed by atoms with E-state index in [0.717, 1.165) is 18.5 Å². The fourth-order valence-electron chi connectivity index (χ4n) is 3.45. The Bertz CT molecular complexity index is 487. The van der Waals surface area contributed by atoms with Gasteiger partial charge in [-0.2, -0.15) is 5.10 Å². The molecule has 0 saturated heterocycles. The maximum Gasteiger partial charge on any atom is 0.161 e. The molecule has 2 aliphatic carbocycles. The molecule has 0 spiro atoms. The number of hydrogen-bond donors (Lipinski definition) is 0. The third-order valence-corrected chi connectivity index (χ3v) is 4.58. The summed E-state index contributed by atoms with van der Waals surface area (Å²) in [7, 11) is 0. The zero-order valence-electron chi connectivity index (χ0n) is 12.2. The molecule has 2 fully saturated rings. The number of hydrogen-bond acceptors (Lipinski definition) is 2. The second-order valence-electron chi connectivity index (χ2n) is 6.23. The molecule has 0 N–H and O–H groups in total. The molecule has 0 bridgehead atoms. The van der Waals surface area contributed by atoms with Crippen molar-refractivity contribution in [1.82, 2.24) is 9.78 Å². The number of rotatable bonds is 4. The zero-order valence-corrected chi connectivity index (χ0v) is 12.2. The van der Waals surface area contributed by atoms with E-state index in [-0.39, 0.29) is 5.78 Å². The van der Waals surface area contributed by atoms with Crippen molar-refractivity contribution in [3.63, 3.8) is 0 Å². The van der Waals surface area contributed by atoms with Gasteiger partial charge in [0.1, 0.15) is 0 Å². The number of allylic oxidation sites excluding steroid dienone is 2. The van der Waals surface area contributed by atoms with Gasteiger partial charge in [0, 0.05) is 6.20 Å². The number of carbonyl (C=O) groups excluding carboxylic acids is 1. The normalized spacial score (nSPS) is 20.3. The fraction of sp³-hybridized carbons (Fsp3) is 0.647. The Morgan fingerprint density at radius 2 is 1.95 bits per heavy atom. The van der Waals surface area contributed by atoms with Crippen LogP contribution in [0, 0.1) is 0 Å². The molecule has 3 heteroatoms. The number of nitrogens with zero attached hydrogens (tertiary/aromatic N) is 2. The Balaban J connectivity index is 1.58. The molecule has 0 radical (unpaired) electrons. The monoisotopic (exact) mass is 272 g/mol. The largest absolute Gasteiger partial charge is 0.294 e. The molecule has 1 heterocycles. The summed E-state index contributed by atoms with van der Waals surface area (Å²) in [6, 6.07) is 2.57. The second-order valence-corrected chi connectivity index (χ2v) is 6.23. The Morgan fingerprint density at radius 3 is 2.70 bits per heavy atom. The van der Waals surface area contributed by atoms with Gasteiger partial charge in [0.15, 0.2) is 5.78 Å². The molecule has 20 heavy (non-hydrogen) atoms. The minimum absolute atomic E-state index is 0.221. The first kappa shape index (κ1) is 13.6. The lowest BCUT2D eigenvalue weighted by Gasteiger charge is -2.12. The summed E-state index contributed by atoms with van der Waals surface area (Å²) in [5.41, 5.74) is 2.27. The molecular weight excluding hydrogens is 248 g/mol. The van der Waals surface area contributed by atoms with Gasteiger partial charge in [-0.3, -0.25) is 9.48 Å². The van der Waals surface area contributed by atoms with Crippen molar-refractivity contribution in [2.24, 2.45) is 0 Å². The minimum atomic E-state index is 0.221. The molecule has 1 aromatic rings. The lowest BCUT2D eigenvalue weighted by Crippen LogP contribution is -2.07. The molecule has 0 unspecified atom stereocenters. The van der Waals surface area contributed by atoms with Crippen molar-refractivity contribution in [2.45, 2.75) is 70.3 Å². The first-order valence-electron chi connectivity index (χ1n) is 8.07. The van der Waals surface area contributed by atoms with Crippen LogP contribution in [0.1, 0.15) is 69.5 Å². The third-order valence-electron chi connectivity index (χ3n) is 4.58. The van der Waals surface area contributed by atoms with E-state index in [2.05, 4.69) is 9.78 Å². The van der Waals surface area contributed by atoms with Crippen LogP contribution in [0.15, 0.2) is 23.9 Å². The number of carbonyl (C=O) groups is 1. The molecule has 3 nitrogen and oxygen atoms in total. The summed E-state index contributed by atoms with van der Waals surface area (Å²) < 4.78 is 2.07. The average Bonchev–Trinajstić information content (AvgIpc) is 3.10. The average molecular weight is 272 g/mol. The maximum absolute atomic E-state index is 12.1. The van der Waals surface area contributed by atoms with Crippen molar-refractivity contribution in [3.8, 4) is 0 Å². The smallest absolute Gasteiger partial charge is 0.161 e. The topological polar surface area (TPSA) is 34.9 Å². The van der Waals surface area contributed by atoms with Crippen LogP contribution in [0.25, 0.3) is 0 Å². The molecule has 1 aromatic heterocycles. The molecule has 108 valence electrons. The molecular formula is C17H24N2O. The lowest BCUT2D eigenvalue weighted by atomic mass is 9.93. The fourth-order valence-corrected chi connectivity index (χ4v) is 3.45. The van der Waals surface area contributed by atoms with Crippen molar-refractivity contribution in [1.29, 1.82) is 0 Å². The van der Waals surface area contributed by atoms with Gasteiger partial charge in [0.05, 0.1) is 18.2 Å². The maximum atomic E-state index is 12.1. The summed E-state index contributed by atoms with van der Waals surface area (Å²) in [4.78, 5) is 12.1. The number of ketones is 1. The Hall–Kier alpha value is -1.38. The number of aromatic nitrogens is 2. The highest BCUT2D eigenvalue weighted by Gasteiger charge is 2.18. The van der Waals surface area contributed by atoms with E-state index < -0.39 is 0 Å². The van der Waals surface area contributed by atoms with E-state index in [1.165, 1.54) is 50.5 Å².